The molecule has 0 fully saturated rings. The van der Waals surface area contributed by atoms with Crippen LogP contribution in [0.4, 0.5) is 0 Å². The monoisotopic (exact) mass is 152 g/mol. The van der Waals surface area contributed by atoms with Gasteiger partial charge in [-0.15, -0.1) is 0 Å². The van der Waals surface area contributed by atoms with Gasteiger partial charge < -0.3 is 15.3 Å². The highest BCUT2D eigenvalue weighted by Gasteiger charge is 2.16. The molecule has 0 saturated heterocycles. The second kappa shape index (κ2) is 4.11. The van der Waals surface area contributed by atoms with Gasteiger partial charge in [0.2, 0.25) is 0 Å². The highest BCUT2D eigenvalue weighted by Crippen LogP contribution is 2.07. The van der Waals surface area contributed by atoms with Gasteiger partial charge in [-0.25, -0.2) is 0 Å². The van der Waals surface area contributed by atoms with Crippen molar-refractivity contribution in [2.75, 3.05) is 11.5 Å². The van der Waals surface area contributed by atoms with Crippen LogP contribution < -0.4 is 0 Å². The minimum Gasteiger partial charge on any atom is -0.343 e. The average molecular weight is 152 g/mol. The predicted molar refractivity (Wildman–Crippen MR) is 37.0 cm³/mol. The topological polar surface area (TPSA) is 60.7 Å². The van der Waals surface area contributed by atoms with Gasteiger partial charge in [0.15, 0.2) is 0 Å². The van der Waals surface area contributed by atoms with Crippen LogP contribution in [0.5, 0.6) is 0 Å². The summed E-state index contributed by atoms with van der Waals surface area (Å²) in [5.41, 5.74) is 0. The largest absolute Gasteiger partial charge is 0.343 e. The molecule has 0 aromatic carbocycles. The summed E-state index contributed by atoms with van der Waals surface area (Å²) in [4.78, 5) is 0. The van der Waals surface area contributed by atoms with Gasteiger partial charge in [0.1, 0.15) is 0 Å². The minimum atomic E-state index is -2.49. The first kappa shape index (κ1) is 9.23. The van der Waals surface area contributed by atoms with Gasteiger partial charge in [0.25, 0.3) is 5.97 Å². The summed E-state index contributed by atoms with van der Waals surface area (Å²) < 4.78 is 0. The van der Waals surface area contributed by atoms with Crippen molar-refractivity contribution in [3.8, 4) is 0 Å². The van der Waals surface area contributed by atoms with Crippen LogP contribution >= 0.6 is 11.8 Å². The minimum absolute atomic E-state index is 0.0408. The quantitative estimate of drug-likeness (QED) is 0.384. The molecule has 0 heterocycles. The van der Waals surface area contributed by atoms with E-state index < -0.39 is 5.97 Å². The molecule has 3 N–H and O–H groups in total. The molecule has 0 aromatic rings. The van der Waals surface area contributed by atoms with Gasteiger partial charge in [-0.3, -0.25) is 0 Å². The van der Waals surface area contributed by atoms with Gasteiger partial charge >= 0.3 is 0 Å². The fourth-order valence-corrected chi connectivity index (χ4v) is 1.06. The molecule has 56 valence electrons. The van der Waals surface area contributed by atoms with Crippen LogP contribution in [-0.2, 0) is 0 Å². The molecule has 0 amide bonds. The summed E-state index contributed by atoms with van der Waals surface area (Å²) in [7, 11) is 0. The van der Waals surface area contributed by atoms with E-state index in [2.05, 4.69) is 0 Å². The van der Waals surface area contributed by atoms with Crippen LogP contribution in [0.1, 0.15) is 13.3 Å². The number of hydrogen-bond acceptors (Lipinski definition) is 4. The molecular weight excluding hydrogens is 140 g/mol. The van der Waals surface area contributed by atoms with Crippen molar-refractivity contribution in [1.82, 2.24) is 0 Å². The van der Waals surface area contributed by atoms with E-state index in [0.717, 1.165) is 12.2 Å². The van der Waals surface area contributed by atoms with Crippen LogP contribution in [0, 0.1) is 0 Å². The Balaban J connectivity index is 3.07. The Morgan fingerprint density at radius 2 is 1.89 bits per heavy atom. The zero-order valence-corrected chi connectivity index (χ0v) is 6.19. The second-order valence-corrected chi connectivity index (χ2v) is 2.93. The molecule has 0 radical (unpaired) electrons. The maximum atomic E-state index is 8.33. The fraction of sp³-hybridized carbons (Fsp3) is 1.00. The second-order valence-electron chi connectivity index (χ2n) is 1.83. The van der Waals surface area contributed by atoms with Crippen molar-refractivity contribution in [1.29, 1.82) is 0 Å². The van der Waals surface area contributed by atoms with Gasteiger partial charge in [0.05, 0.1) is 5.75 Å². The zero-order valence-electron chi connectivity index (χ0n) is 5.37. The van der Waals surface area contributed by atoms with Gasteiger partial charge in [-0.1, -0.05) is 6.92 Å². The van der Waals surface area contributed by atoms with E-state index in [1.807, 2.05) is 6.92 Å². The number of hydrogen-bond donors (Lipinski definition) is 3. The molecule has 0 aliphatic heterocycles. The summed E-state index contributed by atoms with van der Waals surface area (Å²) in [6.45, 7) is 1.99. The zero-order chi connectivity index (χ0) is 7.33. The fourth-order valence-electron chi connectivity index (χ4n) is 0.353. The first-order chi connectivity index (χ1) is 4.06. The third kappa shape index (κ3) is 8.23. The van der Waals surface area contributed by atoms with Crippen LogP contribution in [-0.4, -0.2) is 32.8 Å². The Labute approximate surface area is 58.7 Å². The molecular formula is C5H12O3S. The van der Waals surface area contributed by atoms with Crippen LogP contribution in [0.3, 0.4) is 0 Å². The van der Waals surface area contributed by atoms with E-state index in [4.69, 9.17) is 15.3 Å². The normalized spacial score (nSPS) is 12.0. The van der Waals surface area contributed by atoms with Crippen molar-refractivity contribution in [2.24, 2.45) is 0 Å². The Bertz CT molecular complexity index is 69.1. The first-order valence-corrected chi connectivity index (χ1v) is 3.96. The van der Waals surface area contributed by atoms with E-state index in [1.54, 1.807) is 0 Å². The van der Waals surface area contributed by atoms with Crippen molar-refractivity contribution >= 4 is 11.8 Å². The molecule has 0 aromatic heterocycles. The molecule has 0 rings (SSSR count). The first-order valence-electron chi connectivity index (χ1n) is 2.81. The third-order valence-electron chi connectivity index (χ3n) is 0.644. The van der Waals surface area contributed by atoms with Crippen molar-refractivity contribution in [3.63, 3.8) is 0 Å². The van der Waals surface area contributed by atoms with Crippen LogP contribution in [0.15, 0.2) is 0 Å². The van der Waals surface area contributed by atoms with E-state index in [0.29, 0.717) is 0 Å². The van der Waals surface area contributed by atoms with Gasteiger partial charge in [-0.05, 0) is 12.2 Å². The molecule has 0 spiro atoms. The highest BCUT2D eigenvalue weighted by molar-refractivity contribution is 7.99. The number of aliphatic hydroxyl groups is 3. The average Bonchev–Trinajstić information content (AvgIpc) is 1.63. The summed E-state index contributed by atoms with van der Waals surface area (Å²) in [5, 5.41) is 25.0. The molecule has 0 saturated carbocycles. The van der Waals surface area contributed by atoms with Crippen molar-refractivity contribution in [3.05, 3.63) is 0 Å². The SMILES string of the molecule is CCCSCC(O)(O)O. The lowest BCUT2D eigenvalue weighted by Gasteiger charge is -2.11. The van der Waals surface area contributed by atoms with E-state index >= 15 is 0 Å². The van der Waals surface area contributed by atoms with Crippen LogP contribution in [0.2, 0.25) is 0 Å². The molecule has 0 aliphatic rings. The molecule has 4 heteroatoms. The maximum Gasteiger partial charge on any atom is 0.284 e. The number of thioether (sulfide) groups is 1. The van der Waals surface area contributed by atoms with Gasteiger partial charge in [0, 0.05) is 0 Å². The maximum absolute atomic E-state index is 8.33. The lowest BCUT2D eigenvalue weighted by Crippen LogP contribution is -2.30. The van der Waals surface area contributed by atoms with E-state index in [-0.39, 0.29) is 5.75 Å². The molecule has 0 aliphatic carbocycles. The summed E-state index contributed by atoms with van der Waals surface area (Å²) in [6.07, 6.45) is 0.973. The Hall–Kier alpha value is 0.230. The smallest absolute Gasteiger partial charge is 0.284 e. The summed E-state index contributed by atoms with van der Waals surface area (Å²) >= 11 is 1.31. The lowest BCUT2D eigenvalue weighted by molar-refractivity contribution is -0.293. The third-order valence-corrected chi connectivity index (χ3v) is 1.93. The lowest BCUT2D eigenvalue weighted by atomic mass is 10.6. The predicted octanol–water partition coefficient (Wildman–Crippen LogP) is -0.240. The molecule has 9 heavy (non-hydrogen) atoms. The molecule has 0 bridgehead atoms. The highest BCUT2D eigenvalue weighted by atomic mass is 32.2. The Kier molecular flexibility index (Phi) is 4.22. The standard InChI is InChI=1S/C5H12O3S/c1-2-3-9-4-5(6,7)8/h6-8H,2-4H2,1H3. The van der Waals surface area contributed by atoms with Gasteiger partial charge in [-0.2, -0.15) is 11.8 Å². The Morgan fingerprint density at radius 1 is 1.33 bits per heavy atom. The number of rotatable bonds is 4. The van der Waals surface area contributed by atoms with E-state index in [1.165, 1.54) is 11.8 Å². The Morgan fingerprint density at radius 3 is 2.22 bits per heavy atom. The molecule has 0 atom stereocenters. The molecule has 0 unspecified atom stereocenters. The summed E-state index contributed by atoms with van der Waals surface area (Å²) in [5.74, 6) is -1.69. The van der Waals surface area contributed by atoms with E-state index in [9.17, 15) is 0 Å². The molecule has 3 nitrogen and oxygen atoms in total. The van der Waals surface area contributed by atoms with Crippen LogP contribution in [0.25, 0.3) is 0 Å². The van der Waals surface area contributed by atoms with Crippen molar-refractivity contribution in [2.45, 2.75) is 19.3 Å². The summed E-state index contributed by atoms with van der Waals surface area (Å²) in [6, 6.07) is 0. The van der Waals surface area contributed by atoms with Crippen molar-refractivity contribution < 1.29 is 15.3 Å².